The van der Waals surface area contributed by atoms with Crippen molar-refractivity contribution in [2.24, 2.45) is 0 Å². The van der Waals surface area contributed by atoms with E-state index < -0.39 is 5.91 Å². The van der Waals surface area contributed by atoms with E-state index in [0.29, 0.717) is 21.8 Å². The Balaban J connectivity index is 1.40. The molecule has 0 aliphatic heterocycles. The smallest absolute Gasteiger partial charge is 0.272 e. The van der Waals surface area contributed by atoms with E-state index in [1.165, 1.54) is 23.1 Å². The number of Topliss-reactive ketones (excluding diaryl/α,β-unsaturated/α-hetero) is 1. The van der Waals surface area contributed by atoms with Crippen molar-refractivity contribution in [1.82, 2.24) is 5.32 Å². The number of halogens is 1. The molecular formula is C28H21ClN2O3S2. The van der Waals surface area contributed by atoms with Crippen LogP contribution >= 0.6 is 34.7 Å². The van der Waals surface area contributed by atoms with Crippen LogP contribution in [0.3, 0.4) is 0 Å². The van der Waals surface area contributed by atoms with E-state index in [0.717, 1.165) is 10.5 Å². The lowest BCUT2D eigenvalue weighted by Crippen LogP contribution is -2.30. The van der Waals surface area contributed by atoms with Crippen LogP contribution in [0.25, 0.3) is 6.08 Å². The van der Waals surface area contributed by atoms with Crippen LogP contribution in [0.2, 0.25) is 5.02 Å². The molecule has 2 N–H and O–H groups in total. The van der Waals surface area contributed by atoms with Gasteiger partial charge < -0.3 is 10.6 Å². The number of hydrogen-bond donors (Lipinski definition) is 2. The molecule has 180 valence electrons. The van der Waals surface area contributed by atoms with Gasteiger partial charge in [-0.2, -0.15) is 11.3 Å². The second-order valence-electron chi connectivity index (χ2n) is 7.63. The van der Waals surface area contributed by atoms with Crippen molar-refractivity contribution in [3.8, 4) is 0 Å². The fourth-order valence-corrected chi connectivity index (χ4v) is 4.70. The summed E-state index contributed by atoms with van der Waals surface area (Å²) in [5.41, 5.74) is 2.58. The molecule has 0 saturated carbocycles. The first-order chi connectivity index (χ1) is 17.5. The average Bonchev–Trinajstić information content (AvgIpc) is 3.42. The van der Waals surface area contributed by atoms with Crippen LogP contribution in [0.15, 0.2) is 106 Å². The molecule has 0 atom stereocenters. The molecule has 0 radical (unpaired) electrons. The Kier molecular flexibility index (Phi) is 8.73. The van der Waals surface area contributed by atoms with E-state index in [4.69, 9.17) is 11.6 Å². The van der Waals surface area contributed by atoms with Crippen LogP contribution in [-0.4, -0.2) is 23.4 Å². The highest BCUT2D eigenvalue weighted by atomic mass is 35.5. The maximum atomic E-state index is 13.0. The highest BCUT2D eigenvalue weighted by Gasteiger charge is 2.15. The minimum Gasteiger partial charge on any atom is -0.321 e. The summed E-state index contributed by atoms with van der Waals surface area (Å²) in [6, 6.07) is 24.6. The molecule has 4 aromatic rings. The molecule has 1 aromatic heterocycles. The van der Waals surface area contributed by atoms with Gasteiger partial charge >= 0.3 is 0 Å². The fourth-order valence-electron chi connectivity index (χ4n) is 3.17. The Hall–Kier alpha value is -3.65. The molecule has 2 amide bonds. The maximum absolute atomic E-state index is 13.0. The number of hydrogen-bond acceptors (Lipinski definition) is 5. The number of anilines is 1. The van der Waals surface area contributed by atoms with Gasteiger partial charge in [0.25, 0.3) is 11.8 Å². The molecule has 0 fully saturated rings. The summed E-state index contributed by atoms with van der Waals surface area (Å²) in [4.78, 5) is 39.0. The van der Waals surface area contributed by atoms with E-state index in [-0.39, 0.29) is 23.1 Å². The van der Waals surface area contributed by atoms with E-state index in [1.54, 1.807) is 66.7 Å². The highest BCUT2D eigenvalue weighted by Crippen LogP contribution is 2.22. The topological polar surface area (TPSA) is 75.3 Å². The third kappa shape index (κ3) is 7.18. The van der Waals surface area contributed by atoms with Crippen molar-refractivity contribution in [2.45, 2.75) is 4.90 Å². The van der Waals surface area contributed by atoms with E-state index in [1.807, 2.05) is 35.0 Å². The zero-order valence-corrected chi connectivity index (χ0v) is 21.3. The van der Waals surface area contributed by atoms with Gasteiger partial charge in [0, 0.05) is 26.7 Å². The summed E-state index contributed by atoms with van der Waals surface area (Å²) in [5.74, 6) is -0.522. The van der Waals surface area contributed by atoms with Crippen molar-refractivity contribution in [1.29, 1.82) is 0 Å². The minimum atomic E-state index is -0.441. The molecular weight excluding hydrogens is 512 g/mol. The molecule has 3 aromatic carbocycles. The lowest BCUT2D eigenvalue weighted by atomic mass is 10.1. The molecule has 0 aliphatic rings. The van der Waals surface area contributed by atoms with Crippen LogP contribution in [0.4, 0.5) is 5.69 Å². The number of thiophene rings is 1. The Bertz CT molecular complexity index is 1370. The Morgan fingerprint density at radius 1 is 0.861 bits per heavy atom. The summed E-state index contributed by atoms with van der Waals surface area (Å²) in [6.07, 6.45) is 1.64. The molecule has 0 aliphatic carbocycles. The first-order valence-electron chi connectivity index (χ1n) is 10.9. The van der Waals surface area contributed by atoms with Crippen molar-refractivity contribution in [3.63, 3.8) is 0 Å². The number of carbonyl (C=O) groups is 3. The summed E-state index contributed by atoms with van der Waals surface area (Å²) < 4.78 is 0. The first kappa shape index (κ1) is 25.4. The Morgan fingerprint density at radius 3 is 2.25 bits per heavy atom. The molecule has 0 spiro atoms. The second kappa shape index (κ2) is 12.4. The van der Waals surface area contributed by atoms with Crippen LogP contribution in [-0.2, 0) is 4.79 Å². The fraction of sp³-hybridized carbons (Fsp3) is 0.0357. The molecule has 0 bridgehead atoms. The zero-order valence-electron chi connectivity index (χ0n) is 18.9. The second-order valence-corrected chi connectivity index (χ2v) is 9.90. The van der Waals surface area contributed by atoms with Gasteiger partial charge in [0.15, 0.2) is 5.78 Å². The normalized spacial score (nSPS) is 11.1. The predicted octanol–water partition coefficient (Wildman–Crippen LogP) is 6.79. The van der Waals surface area contributed by atoms with Crippen molar-refractivity contribution in [3.05, 3.63) is 123 Å². The molecule has 1 heterocycles. The van der Waals surface area contributed by atoms with Crippen LogP contribution < -0.4 is 10.6 Å². The number of thioether (sulfide) groups is 1. The number of carbonyl (C=O) groups excluding carboxylic acids is 3. The van der Waals surface area contributed by atoms with Crippen LogP contribution in [0.5, 0.6) is 0 Å². The number of ketones is 1. The molecule has 0 unspecified atom stereocenters. The van der Waals surface area contributed by atoms with Gasteiger partial charge in [-0.25, -0.2) is 0 Å². The van der Waals surface area contributed by atoms with Crippen molar-refractivity contribution < 1.29 is 14.4 Å². The first-order valence-corrected chi connectivity index (χ1v) is 13.2. The number of nitrogens with one attached hydrogen (secondary N) is 2. The number of amides is 2. The number of rotatable bonds is 9. The summed E-state index contributed by atoms with van der Waals surface area (Å²) in [6.45, 7) is 0. The molecule has 0 saturated heterocycles. The minimum absolute atomic E-state index is 0.00594. The molecule has 8 heteroatoms. The third-order valence-electron chi connectivity index (χ3n) is 5.03. The maximum Gasteiger partial charge on any atom is 0.272 e. The van der Waals surface area contributed by atoms with Crippen LogP contribution in [0, 0.1) is 0 Å². The van der Waals surface area contributed by atoms with Crippen LogP contribution in [0.1, 0.15) is 26.3 Å². The van der Waals surface area contributed by atoms with Gasteiger partial charge in [0.2, 0.25) is 0 Å². The standard InChI is InChI=1S/C28H21ClN2O3S2/c29-22-8-6-20(7-9-22)26(32)18-36-24-12-10-23(11-13-24)30-28(34)25(16-19-14-15-35-17-19)31-27(33)21-4-2-1-3-5-21/h1-17H,18H2,(H,30,34)(H,31,33)/b25-16-. The van der Waals surface area contributed by atoms with Gasteiger partial charge in [-0.15, -0.1) is 11.8 Å². The Morgan fingerprint density at radius 2 is 1.58 bits per heavy atom. The predicted molar refractivity (Wildman–Crippen MR) is 148 cm³/mol. The SMILES string of the molecule is O=C(Nc1ccc(SCC(=O)c2ccc(Cl)cc2)cc1)/C(=C/c1ccsc1)NC(=O)c1ccccc1. The summed E-state index contributed by atoms with van der Waals surface area (Å²) >= 11 is 8.78. The van der Waals surface area contributed by atoms with E-state index in [2.05, 4.69) is 10.6 Å². The number of benzene rings is 3. The summed E-state index contributed by atoms with van der Waals surface area (Å²) in [5, 5.41) is 9.92. The third-order valence-corrected chi connectivity index (χ3v) is 7.00. The average molecular weight is 533 g/mol. The quantitative estimate of drug-likeness (QED) is 0.141. The van der Waals surface area contributed by atoms with E-state index in [9.17, 15) is 14.4 Å². The van der Waals surface area contributed by atoms with Crippen molar-refractivity contribution >= 4 is 64.1 Å². The molecule has 36 heavy (non-hydrogen) atoms. The van der Waals surface area contributed by atoms with Gasteiger partial charge in [-0.3, -0.25) is 14.4 Å². The molecule has 5 nitrogen and oxygen atoms in total. The van der Waals surface area contributed by atoms with Gasteiger partial charge in [-0.1, -0.05) is 29.8 Å². The summed E-state index contributed by atoms with van der Waals surface area (Å²) in [7, 11) is 0. The molecule has 4 rings (SSSR count). The van der Waals surface area contributed by atoms with E-state index >= 15 is 0 Å². The monoisotopic (exact) mass is 532 g/mol. The highest BCUT2D eigenvalue weighted by molar-refractivity contribution is 8.00. The largest absolute Gasteiger partial charge is 0.321 e. The zero-order chi connectivity index (χ0) is 25.3. The van der Waals surface area contributed by atoms with Gasteiger partial charge in [0.05, 0.1) is 5.75 Å². The van der Waals surface area contributed by atoms with Gasteiger partial charge in [-0.05, 0) is 89.1 Å². The Labute approximate surface area is 222 Å². The van der Waals surface area contributed by atoms with Gasteiger partial charge in [0.1, 0.15) is 5.70 Å². The van der Waals surface area contributed by atoms with Crippen molar-refractivity contribution in [2.75, 3.05) is 11.1 Å². The lowest BCUT2D eigenvalue weighted by Gasteiger charge is -2.11. The lowest BCUT2D eigenvalue weighted by molar-refractivity contribution is -0.113.